The van der Waals surface area contributed by atoms with E-state index >= 15 is 0 Å². The van der Waals surface area contributed by atoms with Crippen LogP contribution in [-0.4, -0.2) is 29.1 Å². The molecule has 2 heterocycles. The molecule has 0 unspecified atom stereocenters. The van der Waals surface area contributed by atoms with Crippen LogP contribution in [0.3, 0.4) is 0 Å². The molecule has 0 aliphatic heterocycles. The monoisotopic (exact) mass is 454 g/mol. The van der Waals surface area contributed by atoms with Crippen molar-refractivity contribution in [2.45, 2.75) is 13.0 Å². The summed E-state index contributed by atoms with van der Waals surface area (Å²) in [7, 11) is 1.60. The summed E-state index contributed by atoms with van der Waals surface area (Å²) in [6.07, 6.45) is 0.174. The smallest absolute Gasteiger partial charge is 0.261 e. The largest absolute Gasteiger partial charge is 0.497 e. The van der Waals surface area contributed by atoms with Gasteiger partial charge in [0.2, 0.25) is 5.91 Å². The summed E-state index contributed by atoms with van der Waals surface area (Å²) >= 11 is 7.25. The number of ether oxygens (including phenoxy) is 1. The molecule has 31 heavy (non-hydrogen) atoms. The third-order valence-electron chi connectivity index (χ3n) is 4.58. The van der Waals surface area contributed by atoms with E-state index in [2.05, 4.69) is 20.8 Å². The molecule has 0 spiro atoms. The number of hydrogen-bond donors (Lipinski definition) is 3. The summed E-state index contributed by atoms with van der Waals surface area (Å²) in [5, 5.41) is 14.0. The first-order valence-electron chi connectivity index (χ1n) is 9.45. The van der Waals surface area contributed by atoms with Crippen LogP contribution >= 0.6 is 22.9 Å². The lowest BCUT2D eigenvalue weighted by molar-refractivity contribution is -0.115. The number of nitrogens with one attached hydrogen (secondary N) is 3. The van der Waals surface area contributed by atoms with Crippen molar-refractivity contribution in [2.75, 3.05) is 12.4 Å². The van der Waals surface area contributed by atoms with Crippen LogP contribution in [0.1, 0.15) is 20.8 Å². The fourth-order valence-corrected chi connectivity index (χ4v) is 4.22. The molecule has 3 N–H and O–H groups in total. The van der Waals surface area contributed by atoms with E-state index in [1.807, 2.05) is 30.3 Å². The number of thiophene rings is 1. The Kier molecular flexibility index (Phi) is 6.20. The number of hydrogen-bond acceptors (Lipinski definition) is 5. The van der Waals surface area contributed by atoms with Crippen LogP contribution in [0.25, 0.3) is 10.2 Å². The molecule has 9 heteroatoms. The number of methoxy groups -OCH3 is 1. The Balaban J connectivity index is 1.41. The van der Waals surface area contributed by atoms with E-state index in [1.165, 1.54) is 11.3 Å². The molecule has 2 aromatic carbocycles. The fraction of sp³-hybridized carbons (Fsp3) is 0.136. The average molecular weight is 455 g/mol. The second-order valence-electron chi connectivity index (χ2n) is 6.81. The van der Waals surface area contributed by atoms with Gasteiger partial charge in [0.15, 0.2) is 5.82 Å². The zero-order valence-corrected chi connectivity index (χ0v) is 18.1. The molecule has 7 nitrogen and oxygen atoms in total. The minimum absolute atomic E-state index is 0.174. The van der Waals surface area contributed by atoms with E-state index in [0.717, 1.165) is 16.9 Å². The lowest BCUT2D eigenvalue weighted by Gasteiger charge is -2.06. The van der Waals surface area contributed by atoms with E-state index < -0.39 is 0 Å². The van der Waals surface area contributed by atoms with Crippen molar-refractivity contribution in [3.8, 4) is 5.75 Å². The third-order valence-corrected chi connectivity index (χ3v) is 5.85. The standard InChI is InChI=1S/C22H19ClN4O3S/c1-30-16-7-3-5-14(9-16)12-24-21(29)18-11-17-20(26-27-22(17)31-18)25-19(28)10-13-4-2-6-15(23)8-13/h2-9,11H,10,12H2,1H3,(H,24,29)(H2,25,26,27,28). The molecule has 4 rings (SSSR count). The molecular formula is C22H19ClN4O3S. The maximum Gasteiger partial charge on any atom is 0.261 e. The second kappa shape index (κ2) is 9.20. The number of rotatable bonds is 7. The summed E-state index contributed by atoms with van der Waals surface area (Å²) in [4.78, 5) is 26.2. The van der Waals surface area contributed by atoms with Crippen molar-refractivity contribution in [1.82, 2.24) is 15.5 Å². The van der Waals surface area contributed by atoms with E-state index in [1.54, 1.807) is 31.4 Å². The number of halogens is 1. The lowest BCUT2D eigenvalue weighted by Crippen LogP contribution is -2.21. The van der Waals surface area contributed by atoms with Gasteiger partial charge in [0.25, 0.3) is 5.91 Å². The first-order valence-corrected chi connectivity index (χ1v) is 10.6. The third kappa shape index (κ3) is 5.04. The van der Waals surface area contributed by atoms with Gasteiger partial charge in [-0.25, -0.2) is 0 Å². The van der Waals surface area contributed by atoms with E-state index in [4.69, 9.17) is 16.3 Å². The van der Waals surface area contributed by atoms with Gasteiger partial charge in [0.1, 0.15) is 10.6 Å². The van der Waals surface area contributed by atoms with E-state index in [-0.39, 0.29) is 18.2 Å². The number of H-pyrrole nitrogens is 1. The molecule has 0 radical (unpaired) electrons. The molecule has 0 aliphatic carbocycles. The SMILES string of the molecule is COc1cccc(CNC(=O)c2cc3c(NC(=O)Cc4cccc(Cl)c4)n[nH]c3s2)c1. The Bertz CT molecular complexity index is 1250. The minimum Gasteiger partial charge on any atom is -0.497 e. The van der Waals surface area contributed by atoms with Gasteiger partial charge >= 0.3 is 0 Å². The van der Waals surface area contributed by atoms with E-state index in [9.17, 15) is 9.59 Å². The zero-order valence-electron chi connectivity index (χ0n) is 16.6. The number of aromatic nitrogens is 2. The van der Waals surface area contributed by atoms with Gasteiger partial charge in [-0.05, 0) is 41.5 Å². The highest BCUT2D eigenvalue weighted by molar-refractivity contribution is 7.20. The topological polar surface area (TPSA) is 96.1 Å². The van der Waals surface area contributed by atoms with Gasteiger partial charge in [-0.15, -0.1) is 11.3 Å². The van der Waals surface area contributed by atoms with Gasteiger partial charge in [-0.1, -0.05) is 35.9 Å². The molecule has 2 amide bonds. The van der Waals surface area contributed by atoms with Gasteiger partial charge in [-0.3, -0.25) is 14.7 Å². The number of nitrogens with zero attached hydrogens (tertiary/aromatic N) is 1. The normalized spacial score (nSPS) is 10.8. The highest BCUT2D eigenvalue weighted by Crippen LogP contribution is 2.29. The first kappa shape index (κ1) is 20.9. The number of amides is 2. The molecule has 0 saturated heterocycles. The quantitative estimate of drug-likeness (QED) is 0.385. The van der Waals surface area contributed by atoms with Crippen molar-refractivity contribution < 1.29 is 14.3 Å². The van der Waals surface area contributed by atoms with Crippen molar-refractivity contribution in [2.24, 2.45) is 0 Å². The predicted octanol–water partition coefficient (Wildman–Crippen LogP) is 4.40. The molecule has 4 aromatic rings. The second-order valence-corrected chi connectivity index (χ2v) is 8.30. The number of benzene rings is 2. The van der Waals surface area contributed by atoms with Crippen LogP contribution in [-0.2, 0) is 17.8 Å². The number of anilines is 1. The molecule has 0 saturated carbocycles. The van der Waals surface area contributed by atoms with Crippen LogP contribution in [0, 0.1) is 0 Å². The number of carbonyl (C=O) groups is 2. The lowest BCUT2D eigenvalue weighted by atomic mass is 10.1. The first-order chi connectivity index (χ1) is 15.0. The number of fused-ring (bicyclic) bond motifs is 1. The summed E-state index contributed by atoms with van der Waals surface area (Å²) in [5.74, 6) is 0.713. The Morgan fingerprint density at radius 2 is 1.94 bits per heavy atom. The predicted molar refractivity (Wildman–Crippen MR) is 122 cm³/mol. The number of aromatic amines is 1. The molecule has 2 aromatic heterocycles. The van der Waals surface area contributed by atoms with Gasteiger partial charge in [0.05, 0.1) is 23.8 Å². The van der Waals surface area contributed by atoms with Crippen LogP contribution in [0.4, 0.5) is 5.82 Å². The average Bonchev–Trinajstić information content (AvgIpc) is 3.34. The Labute approximate surface area is 187 Å². The molecule has 0 atom stereocenters. The summed E-state index contributed by atoms with van der Waals surface area (Å²) < 4.78 is 5.20. The Morgan fingerprint density at radius 3 is 2.74 bits per heavy atom. The van der Waals surface area contributed by atoms with Crippen LogP contribution < -0.4 is 15.4 Å². The molecule has 0 bridgehead atoms. The maximum absolute atomic E-state index is 12.6. The summed E-state index contributed by atoms with van der Waals surface area (Å²) in [6.45, 7) is 0.378. The van der Waals surface area contributed by atoms with Gasteiger partial charge in [0, 0.05) is 11.6 Å². The Morgan fingerprint density at radius 1 is 1.13 bits per heavy atom. The van der Waals surface area contributed by atoms with Crippen molar-refractivity contribution in [3.63, 3.8) is 0 Å². The summed E-state index contributed by atoms with van der Waals surface area (Å²) in [6, 6.07) is 16.4. The van der Waals surface area contributed by atoms with Crippen molar-refractivity contribution >= 4 is 50.8 Å². The van der Waals surface area contributed by atoms with Crippen molar-refractivity contribution in [3.05, 3.63) is 75.6 Å². The van der Waals surface area contributed by atoms with E-state index in [0.29, 0.717) is 32.5 Å². The highest BCUT2D eigenvalue weighted by atomic mass is 35.5. The molecular weight excluding hydrogens is 436 g/mol. The summed E-state index contributed by atoms with van der Waals surface area (Å²) in [5.41, 5.74) is 1.74. The van der Waals surface area contributed by atoms with Gasteiger partial charge < -0.3 is 15.4 Å². The highest BCUT2D eigenvalue weighted by Gasteiger charge is 2.16. The maximum atomic E-state index is 12.6. The minimum atomic E-state index is -0.217. The van der Waals surface area contributed by atoms with Gasteiger partial charge in [-0.2, -0.15) is 5.10 Å². The molecule has 0 aliphatic rings. The molecule has 0 fully saturated rings. The van der Waals surface area contributed by atoms with Crippen LogP contribution in [0.15, 0.2) is 54.6 Å². The van der Waals surface area contributed by atoms with Crippen LogP contribution in [0.5, 0.6) is 5.75 Å². The van der Waals surface area contributed by atoms with Crippen LogP contribution in [0.2, 0.25) is 5.02 Å². The molecule has 158 valence electrons. The Hall–Kier alpha value is -3.36. The number of carbonyl (C=O) groups excluding carboxylic acids is 2. The zero-order chi connectivity index (χ0) is 21.8. The van der Waals surface area contributed by atoms with Crippen molar-refractivity contribution in [1.29, 1.82) is 0 Å². The fourth-order valence-electron chi connectivity index (χ4n) is 3.08.